The molecule has 2 saturated carbocycles. The number of methoxy groups -OCH3 is 1. The summed E-state index contributed by atoms with van der Waals surface area (Å²) in [5.74, 6) is -0.508. The number of nitrogens with zero attached hydrogens (tertiary/aromatic N) is 1. The topological polar surface area (TPSA) is 90.0 Å². The average molecular weight is 510 g/mol. The summed E-state index contributed by atoms with van der Waals surface area (Å²) in [5, 5.41) is 0. The maximum atomic E-state index is 13.5. The number of amides is 2. The van der Waals surface area contributed by atoms with Gasteiger partial charge in [-0.15, -0.1) is 0 Å². The van der Waals surface area contributed by atoms with Crippen molar-refractivity contribution in [2.24, 2.45) is 23.7 Å². The van der Waals surface area contributed by atoms with Gasteiger partial charge in [0.1, 0.15) is 5.75 Å². The van der Waals surface area contributed by atoms with Crippen molar-refractivity contribution < 1.29 is 28.7 Å². The van der Waals surface area contributed by atoms with E-state index in [0.717, 1.165) is 12.8 Å². The van der Waals surface area contributed by atoms with Crippen LogP contribution in [0.5, 0.6) is 5.75 Å². The third-order valence-corrected chi connectivity index (χ3v) is 8.35. The number of ether oxygens (including phenoxy) is 2. The third kappa shape index (κ3) is 3.99. The van der Waals surface area contributed by atoms with E-state index in [0.29, 0.717) is 22.9 Å². The van der Waals surface area contributed by atoms with Crippen molar-refractivity contribution in [1.29, 1.82) is 0 Å². The SMILES string of the molecule is COc1ccc(C(=O)COC(=O)c2ccc(N3C(=O)[C@@H]4[C@H]5C[C@@H]([C@@H]4C3=O)[C@@H](c3ccccc3)C5)cc2)cc1. The zero-order valence-corrected chi connectivity index (χ0v) is 20.9. The van der Waals surface area contributed by atoms with Gasteiger partial charge < -0.3 is 9.47 Å². The number of anilines is 1. The van der Waals surface area contributed by atoms with Crippen LogP contribution >= 0.6 is 0 Å². The first-order valence-corrected chi connectivity index (χ1v) is 12.8. The van der Waals surface area contributed by atoms with Crippen LogP contribution in [0.25, 0.3) is 0 Å². The number of hydrogen-bond acceptors (Lipinski definition) is 6. The summed E-state index contributed by atoms with van der Waals surface area (Å²) in [4.78, 5) is 53.0. The molecule has 3 aromatic carbocycles. The van der Waals surface area contributed by atoms with Gasteiger partial charge in [0, 0.05) is 5.56 Å². The van der Waals surface area contributed by atoms with E-state index in [-0.39, 0.29) is 46.8 Å². The molecule has 1 heterocycles. The van der Waals surface area contributed by atoms with Crippen LogP contribution in [0, 0.1) is 23.7 Å². The lowest BCUT2D eigenvalue weighted by Crippen LogP contribution is -2.33. The van der Waals surface area contributed by atoms with Crippen LogP contribution in [0.4, 0.5) is 5.69 Å². The lowest BCUT2D eigenvalue weighted by molar-refractivity contribution is -0.123. The Bertz CT molecular complexity index is 1400. The number of hydrogen-bond donors (Lipinski definition) is 0. The highest BCUT2D eigenvalue weighted by Gasteiger charge is 2.64. The van der Waals surface area contributed by atoms with E-state index in [9.17, 15) is 19.2 Å². The van der Waals surface area contributed by atoms with Crippen LogP contribution in [-0.4, -0.2) is 37.3 Å². The Morgan fingerprint density at radius 1 is 0.816 bits per heavy atom. The highest BCUT2D eigenvalue weighted by molar-refractivity contribution is 6.22. The first-order chi connectivity index (χ1) is 18.5. The van der Waals surface area contributed by atoms with Gasteiger partial charge in [-0.3, -0.25) is 19.3 Å². The Balaban J connectivity index is 1.12. The Morgan fingerprint density at radius 2 is 1.47 bits per heavy atom. The van der Waals surface area contributed by atoms with Crippen molar-refractivity contribution in [3.8, 4) is 5.75 Å². The molecule has 1 aliphatic heterocycles. The molecule has 2 bridgehead atoms. The Kier molecular flexibility index (Phi) is 6.06. The molecule has 38 heavy (non-hydrogen) atoms. The van der Waals surface area contributed by atoms with Gasteiger partial charge in [-0.25, -0.2) is 4.79 Å². The molecule has 3 aliphatic rings. The van der Waals surface area contributed by atoms with E-state index >= 15 is 0 Å². The first-order valence-electron chi connectivity index (χ1n) is 12.8. The number of fused-ring (bicyclic) bond motifs is 5. The van der Waals surface area contributed by atoms with Gasteiger partial charge in [0.15, 0.2) is 12.4 Å². The number of carbonyl (C=O) groups excluding carboxylic acids is 4. The fourth-order valence-corrected chi connectivity index (χ4v) is 6.62. The molecule has 7 heteroatoms. The molecule has 0 spiro atoms. The molecule has 192 valence electrons. The van der Waals surface area contributed by atoms with Crippen LogP contribution in [0.1, 0.15) is 45.0 Å². The fourth-order valence-electron chi connectivity index (χ4n) is 6.62. The number of rotatable bonds is 7. The maximum absolute atomic E-state index is 13.5. The molecule has 3 fully saturated rings. The number of Topliss-reactive ketones (excluding diaryl/α,β-unsaturated/α-hetero) is 1. The standard InChI is InChI=1S/C31H27NO6/c1-37-23-13-9-19(10-14-23)26(33)17-38-31(36)20-7-11-22(12-8-20)32-29(34)27-21-15-24(18-5-3-2-4-6-18)25(16-21)28(27)30(32)35/h2-14,21,24-25,27-28H,15-17H2,1H3/t21-,24-,25-,27-,28+/m1/s1. The fraction of sp³-hybridized carbons (Fsp3) is 0.290. The van der Waals surface area contributed by atoms with E-state index < -0.39 is 12.6 Å². The summed E-state index contributed by atoms with van der Waals surface area (Å²) in [7, 11) is 1.54. The average Bonchev–Trinajstić information content (AvgIpc) is 3.63. The monoisotopic (exact) mass is 509 g/mol. The summed E-state index contributed by atoms with van der Waals surface area (Å²) in [6.45, 7) is -0.398. The summed E-state index contributed by atoms with van der Waals surface area (Å²) in [6.07, 6.45) is 1.85. The van der Waals surface area contributed by atoms with E-state index in [1.165, 1.54) is 29.7 Å². The number of carbonyl (C=O) groups is 4. The minimum Gasteiger partial charge on any atom is -0.497 e. The molecule has 1 saturated heterocycles. The van der Waals surface area contributed by atoms with Crippen LogP contribution in [-0.2, 0) is 14.3 Å². The minimum atomic E-state index is -0.655. The Hall–Kier alpha value is -4.26. The first kappa shape index (κ1) is 24.1. The Labute approximate surface area is 220 Å². The van der Waals surface area contributed by atoms with Crippen LogP contribution < -0.4 is 9.64 Å². The van der Waals surface area contributed by atoms with Gasteiger partial charge >= 0.3 is 5.97 Å². The number of ketones is 1. The number of imide groups is 1. The van der Waals surface area contributed by atoms with Gasteiger partial charge in [0.2, 0.25) is 11.8 Å². The summed E-state index contributed by atoms with van der Waals surface area (Å²) < 4.78 is 10.3. The molecule has 0 N–H and O–H groups in total. The Morgan fingerprint density at radius 3 is 2.16 bits per heavy atom. The van der Waals surface area contributed by atoms with Gasteiger partial charge in [0.25, 0.3) is 0 Å². The summed E-state index contributed by atoms with van der Waals surface area (Å²) in [6, 6.07) is 23.0. The number of benzene rings is 3. The van der Waals surface area contributed by atoms with Crippen molar-refractivity contribution in [3.63, 3.8) is 0 Å². The largest absolute Gasteiger partial charge is 0.497 e. The zero-order chi connectivity index (χ0) is 26.4. The van der Waals surface area contributed by atoms with E-state index in [1.807, 2.05) is 18.2 Å². The second-order valence-electron chi connectivity index (χ2n) is 10.3. The minimum absolute atomic E-state index is 0.139. The second kappa shape index (κ2) is 9.56. The maximum Gasteiger partial charge on any atom is 0.338 e. The van der Waals surface area contributed by atoms with Crippen LogP contribution in [0.2, 0.25) is 0 Å². The van der Waals surface area contributed by atoms with Gasteiger partial charge in [-0.2, -0.15) is 0 Å². The normalized spacial score (nSPS) is 25.4. The molecular weight excluding hydrogens is 482 g/mol. The molecule has 2 amide bonds. The molecule has 7 nitrogen and oxygen atoms in total. The van der Waals surface area contributed by atoms with Gasteiger partial charge in [-0.1, -0.05) is 30.3 Å². The molecule has 0 unspecified atom stereocenters. The predicted octanol–water partition coefficient (Wildman–Crippen LogP) is 4.66. The van der Waals surface area contributed by atoms with Crippen molar-refractivity contribution >= 4 is 29.3 Å². The molecule has 3 aromatic rings. The molecule has 2 aliphatic carbocycles. The lowest BCUT2D eigenvalue weighted by Gasteiger charge is -2.28. The summed E-state index contributed by atoms with van der Waals surface area (Å²) >= 11 is 0. The van der Waals surface area contributed by atoms with Crippen molar-refractivity contribution in [2.45, 2.75) is 18.8 Å². The molecule has 0 aromatic heterocycles. The highest BCUT2D eigenvalue weighted by atomic mass is 16.5. The van der Waals surface area contributed by atoms with Gasteiger partial charge in [0.05, 0.1) is 30.2 Å². The van der Waals surface area contributed by atoms with E-state index in [4.69, 9.17) is 9.47 Å². The van der Waals surface area contributed by atoms with Crippen molar-refractivity contribution in [3.05, 3.63) is 95.6 Å². The second-order valence-corrected chi connectivity index (χ2v) is 10.3. The zero-order valence-electron chi connectivity index (χ0n) is 20.9. The molecule has 6 rings (SSSR count). The smallest absolute Gasteiger partial charge is 0.338 e. The van der Waals surface area contributed by atoms with Crippen molar-refractivity contribution in [2.75, 3.05) is 18.6 Å². The molecule has 0 radical (unpaired) electrons. The van der Waals surface area contributed by atoms with E-state index in [2.05, 4.69) is 12.1 Å². The quantitative estimate of drug-likeness (QED) is 0.261. The molecular formula is C31H27NO6. The van der Waals surface area contributed by atoms with Crippen LogP contribution in [0.15, 0.2) is 78.9 Å². The molecule has 5 atom stereocenters. The predicted molar refractivity (Wildman–Crippen MR) is 139 cm³/mol. The summed E-state index contributed by atoms with van der Waals surface area (Å²) in [5.41, 5.74) is 2.34. The third-order valence-electron chi connectivity index (χ3n) is 8.35. The number of esters is 1. The van der Waals surface area contributed by atoms with E-state index in [1.54, 1.807) is 36.4 Å². The lowest BCUT2D eigenvalue weighted by atomic mass is 9.73. The van der Waals surface area contributed by atoms with Gasteiger partial charge in [-0.05, 0) is 84.7 Å². The highest BCUT2D eigenvalue weighted by Crippen LogP contribution is 2.61. The van der Waals surface area contributed by atoms with Crippen LogP contribution in [0.3, 0.4) is 0 Å². The van der Waals surface area contributed by atoms with Crippen molar-refractivity contribution in [1.82, 2.24) is 0 Å².